The summed E-state index contributed by atoms with van der Waals surface area (Å²) in [7, 11) is 3.05. The van der Waals surface area contributed by atoms with E-state index >= 15 is 0 Å². The molecule has 7 heteroatoms. The minimum Gasteiger partial charge on any atom is -0.465 e. The van der Waals surface area contributed by atoms with E-state index in [9.17, 15) is 9.59 Å². The van der Waals surface area contributed by atoms with Crippen molar-refractivity contribution in [2.24, 2.45) is 0 Å². The van der Waals surface area contributed by atoms with Gasteiger partial charge in [-0.05, 0) is 6.07 Å². The van der Waals surface area contributed by atoms with Crippen LogP contribution in [0.3, 0.4) is 0 Å². The van der Waals surface area contributed by atoms with Crippen LogP contribution in [0, 0.1) is 0 Å². The van der Waals surface area contributed by atoms with E-state index in [1.165, 1.54) is 22.8 Å². The number of amides is 2. The van der Waals surface area contributed by atoms with Gasteiger partial charge in [-0.1, -0.05) is 0 Å². The lowest BCUT2D eigenvalue weighted by Gasteiger charge is -2.19. The summed E-state index contributed by atoms with van der Waals surface area (Å²) in [5.74, 6) is 0. The third-order valence-electron chi connectivity index (χ3n) is 2.12. The maximum absolute atomic E-state index is 11.6. The largest absolute Gasteiger partial charge is 0.465 e. The number of likely N-dealkylation sites (N-methyl/N-ethyl adjacent to an activating group) is 2. The van der Waals surface area contributed by atoms with Crippen molar-refractivity contribution in [1.29, 1.82) is 0 Å². The summed E-state index contributed by atoms with van der Waals surface area (Å²) >= 11 is 0. The Bertz CT molecular complexity index is 363. The molecule has 0 aromatic carbocycles. The number of hydrogen-bond acceptors (Lipinski definition) is 3. The van der Waals surface area contributed by atoms with Crippen molar-refractivity contribution in [3.8, 4) is 0 Å². The van der Waals surface area contributed by atoms with Crippen LogP contribution in [0.1, 0.15) is 0 Å². The molecule has 0 spiro atoms. The molecule has 16 heavy (non-hydrogen) atoms. The van der Waals surface area contributed by atoms with Gasteiger partial charge in [0, 0.05) is 39.6 Å². The molecule has 0 radical (unpaired) electrons. The van der Waals surface area contributed by atoms with Crippen molar-refractivity contribution in [3.05, 3.63) is 18.5 Å². The van der Waals surface area contributed by atoms with Gasteiger partial charge in [0.15, 0.2) is 0 Å². The Kier molecular flexibility index (Phi) is 3.87. The first-order valence-electron chi connectivity index (χ1n) is 4.71. The molecule has 1 aromatic rings. The maximum Gasteiger partial charge on any atom is 0.407 e. The van der Waals surface area contributed by atoms with Crippen molar-refractivity contribution in [2.45, 2.75) is 0 Å². The number of nitrogens with zero attached hydrogens (tertiary/aromatic N) is 4. The fourth-order valence-electron chi connectivity index (χ4n) is 1.05. The number of aromatic nitrogens is 2. The van der Waals surface area contributed by atoms with Gasteiger partial charge in [-0.25, -0.2) is 9.59 Å². The highest BCUT2D eigenvalue weighted by molar-refractivity contribution is 5.75. The minimum atomic E-state index is -1.01. The van der Waals surface area contributed by atoms with Crippen molar-refractivity contribution in [2.75, 3.05) is 27.2 Å². The second-order valence-electron chi connectivity index (χ2n) is 3.36. The second kappa shape index (κ2) is 5.15. The summed E-state index contributed by atoms with van der Waals surface area (Å²) in [5, 5.41) is 12.4. The summed E-state index contributed by atoms with van der Waals surface area (Å²) in [6.07, 6.45) is 2.04. The molecule has 0 saturated carbocycles. The zero-order chi connectivity index (χ0) is 12.1. The van der Waals surface area contributed by atoms with Gasteiger partial charge in [-0.3, -0.25) is 0 Å². The van der Waals surface area contributed by atoms with Crippen molar-refractivity contribution < 1.29 is 14.7 Å². The predicted molar refractivity (Wildman–Crippen MR) is 56.3 cm³/mol. The van der Waals surface area contributed by atoms with Crippen molar-refractivity contribution in [3.63, 3.8) is 0 Å². The molecular weight excluding hydrogens is 212 g/mol. The first kappa shape index (κ1) is 12.0. The lowest BCUT2D eigenvalue weighted by molar-refractivity contribution is 0.150. The van der Waals surface area contributed by atoms with E-state index in [2.05, 4.69) is 5.10 Å². The second-order valence-corrected chi connectivity index (χ2v) is 3.36. The lowest BCUT2D eigenvalue weighted by Crippen LogP contribution is -2.38. The van der Waals surface area contributed by atoms with Gasteiger partial charge < -0.3 is 14.9 Å². The number of hydrogen-bond donors (Lipinski definition) is 1. The molecule has 1 N–H and O–H groups in total. The van der Waals surface area contributed by atoms with Crippen LogP contribution in [0.15, 0.2) is 18.5 Å². The Labute approximate surface area is 92.9 Å². The molecule has 0 bridgehead atoms. The van der Waals surface area contributed by atoms with E-state index in [4.69, 9.17) is 5.11 Å². The molecule has 0 aliphatic rings. The van der Waals surface area contributed by atoms with Gasteiger partial charge in [-0.2, -0.15) is 9.78 Å². The molecule has 2 amide bonds. The highest BCUT2D eigenvalue weighted by atomic mass is 16.4. The van der Waals surface area contributed by atoms with Crippen LogP contribution in [0.4, 0.5) is 9.59 Å². The molecule has 7 nitrogen and oxygen atoms in total. The highest BCUT2D eigenvalue weighted by Crippen LogP contribution is 1.93. The molecule has 1 rings (SSSR count). The quantitative estimate of drug-likeness (QED) is 0.808. The summed E-state index contributed by atoms with van der Waals surface area (Å²) in [6.45, 7) is 0.584. The summed E-state index contributed by atoms with van der Waals surface area (Å²) in [4.78, 5) is 24.7. The predicted octanol–water partition coefficient (Wildman–Crippen LogP) is 0.393. The SMILES string of the molecule is CN(CCN(C)C(=O)n1cccn1)C(=O)O. The molecule has 0 atom stereocenters. The Balaban J connectivity index is 2.44. The summed E-state index contributed by atoms with van der Waals surface area (Å²) < 4.78 is 1.20. The Hall–Kier alpha value is -2.05. The van der Waals surface area contributed by atoms with Gasteiger partial charge in [-0.15, -0.1) is 0 Å². The zero-order valence-electron chi connectivity index (χ0n) is 9.20. The Morgan fingerprint density at radius 1 is 1.31 bits per heavy atom. The number of carbonyl (C=O) groups is 2. The van der Waals surface area contributed by atoms with Crippen molar-refractivity contribution >= 4 is 12.1 Å². The fourth-order valence-corrected chi connectivity index (χ4v) is 1.05. The monoisotopic (exact) mass is 226 g/mol. The van der Waals surface area contributed by atoms with Crippen molar-refractivity contribution in [1.82, 2.24) is 19.6 Å². The van der Waals surface area contributed by atoms with E-state index < -0.39 is 6.09 Å². The van der Waals surface area contributed by atoms with Crippen LogP contribution >= 0.6 is 0 Å². The molecule has 1 heterocycles. The van der Waals surface area contributed by atoms with E-state index in [-0.39, 0.29) is 12.6 Å². The van der Waals surface area contributed by atoms with Gasteiger partial charge in [0.25, 0.3) is 0 Å². The Morgan fingerprint density at radius 2 is 1.94 bits per heavy atom. The molecular formula is C9H14N4O3. The first-order chi connectivity index (χ1) is 7.52. The third kappa shape index (κ3) is 2.97. The number of carboxylic acid groups (broad SMARTS) is 1. The number of rotatable bonds is 3. The lowest BCUT2D eigenvalue weighted by atomic mass is 10.5. The summed E-state index contributed by atoms with van der Waals surface area (Å²) in [5.41, 5.74) is 0. The van der Waals surface area contributed by atoms with Gasteiger partial charge in [0.2, 0.25) is 0 Å². The molecule has 0 aliphatic heterocycles. The zero-order valence-corrected chi connectivity index (χ0v) is 9.20. The molecule has 0 aliphatic carbocycles. The third-order valence-corrected chi connectivity index (χ3v) is 2.12. The average molecular weight is 226 g/mol. The van der Waals surface area contributed by atoms with Crippen LogP contribution < -0.4 is 0 Å². The van der Waals surface area contributed by atoms with Crippen LogP contribution in [0.25, 0.3) is 0 Å². The topological polar surface area (TPSA) is 78.7 Å². The smallest absolute Gasteiger partial charge is 0.407 e. The van der Waals surface area contributed by atoms with E-state index in [1.54, 1.807) is 19.3 Å². The van der Waals surface area contributed by atoms with E-state index in [0.29, 0.717) is 6.54 Å². The fraction of sp³-hybridized carbons (Fsp3) is 0.444. The molecule has 88 valence electrons. The minimum absolute atomic E-state index is 0.263. The maximum atomic E-state index is 11.6. The van der Waals surface area contributed by atoms with Crippen LogP contribution in [0.5, 0.6) is 0 Å². The first-order valence-corrected chi connectivity index (χ1v) is 4.71. The molecule has 1 aromatic heterocycles. The number of carbonyl (C=O) groups excluding carboxylic acids is 1. The molecule has 0 unspecified atom stereocenters. The Morgan fingerprint density at radius 3 is 2.44 bits per heavy atom. The van der Waals surface area contributed by atoms with Gasteiger partial charge >= 0.3 is 12.1 Å². The van der Waals surface area contributed by atoms with Gasteiger partial charge in [0.1, 0.15) is 0 Å². The summed E-state index contributed by atoms with van der Waals surface area (Å²) in [6, 6.07) is 1.36. The van der Waals surface area contributed by atoms with Crippen LogP contribution in [-0.2, 0) is 0 Å². The molecule has 0 fully saturated rings. The van der Waals surface area contributed by atoms with E-state index in [1.807, 2.05) is 0 Å². The van der Waals surface area contributed by atoms with Crippen LogP contribution in [-0.4, -0.2) is 64.0 Å². The van der Waals surface area contributed by atoms with E-state index in [0.717, 1.165) is 4.90 Å². The van der Waals surface area contributed by atoms with Crippen LogP contribution in [0.2, 0.25) is 0 Å². The normalized spacial score (nSPS) is 9.88. The average Bonchev–Trinajstić information content (AvgIpc) is 2.77. The molecule has 0 saturated heterocycles. The standard InChI is InChI=1S/C9H14N4O3/c1-11(6-7-12(2)9(15)16)8(14)13-5-3-4-10-13/h3-5H,6-7H2,1-2H3,(H,15,16). The van der Waals surface area contributed by atoms with Gasteiger partial charge in [0.05, 0.1) is 0 Å². The highest BCUT2D eigenvalue weighted by Gasteiger charge is 2.12.